The van der Waals surface area contributed by atoms with Crippen LogP contribution in [-0.2, 0) is 11.3 Å². The van der Waals surface area contributed by atoms with Crippen LogP contribution in [0.4, 0.5) is 4.39 Å². The molecule has 0 spiro atoms. The summed E-state index contributed by atoms with van der Waals surface area (Å²) in [6.45, 7) is 6.27. The smallest absolute Gasteiger partial charge is 0.346 e. The normalized spacial score (nSPS) is 13.0. The molecule has 1 unspecified atom stereocenters. The highest BCUT2D eigenvalue weighted by atomic mass is 32.1. The lowest BCUT2D eigenvalue weighted by Crippen LogP contribution is -2.12. The summed E-state index contributed by atoms with van der Waals surface area (Å²) in [5.74, 6) is -0.938. The van der Waals surface area contributed by atoms with Crippen LogP contribution in [-0.4, -0.2) is 17.2 Å². The fourth-order valence-electron chi connectivity index (χ4n) is 2.44. The van der Waals surface area contributed by atoms with Crippen molar-refractivity contribution in [1.29, 1.82) is 0 Å². The van der Waals surface area contributed by atoms with Crippen molar-refractivity contribution in [3.05, 3.63) is 34.5 Å². The van der Waals surface area contributed by atoms with E-state index in [4.69, 9.17) is 4.74 Å². The molecule has 0 saturated heterocycles. The van der Waals surface area contributed by atoms with Crippen LogP contribution in [0.1, 0.15) is 42.4 Å². The van der Waals surface area contributed by atoms with E-state index in [-0.39, 0.29) is 17.6 Å². The van der Waals surface area contributed by atoms with Crippen LogP contribution in [0, 0.1) is 11.7 Å². The second-order valence-corrected chi connectivity index (χ2v) is 6.63. The maximum Gasteiger partial charge on any atom is 0.346 e. The first-order valence-electron chi connectivity index (χ1n) is 6.95. The Morgan fingerprint density at radius 1 is 1.38 bits per heavy atom. The molecule has 0 fully saturated rings. The molecule has 2 rings (SSSR count). The highest BCUT2D eigenvalue weighted by Gasteiger charge is 2.21. The van der Waals surface area contributed by atoms with E-state index >= 15 is 0 Å². The Balaban J connectivity index is 2.32. The van der Waals surface area contributed by atoms with Gasteiger partial charge in [0, 0.05) is 15.6 Å². The Kier molecular flexibility index (Phi) is 4.96. The number of carboxylic acids is 1. The lowest BCUT2D eigenvalue weighted by Gasteiger charge is -2.15. The Hall–Kier alpha value is -1.46. The van der Waals surface area contributed by atoms with E-state index < -0.39 is 11.8 Å². The number of thiophene rings is 1. The number of benzene rings is 1. The summed E-state index contributed by atoms with van der Waals surface area (Å²) in [5.41, 5.74) is 0.441. The van der Waals surface area contributed by atoms with Crippen LogP contribution < -0.4 is 0 Å². The first-order chi connectivity index (χ1) is 9.90. The standard InChI is InChI=1S/C16H19FO3S/c1-9(2)7-10(3)20-8-11-14-12(17)5-4-6-13(14)21-15(11)16(18)19/h4-6,9-10H,7-8H2,1-3H3,(H,18,19). The van der Waals surface area contributed by atoms with Crippen molar-refractivity contribution in [2.45, 2.75) is 39.9 Å². The highest BCUT2D eigenvalue weighted by molar-refractivity contribution is 7.21. The third-order valence-corrected chi connectivity index (χ3v) is 4.46. The third-order valence-electron chi connectivity index (χ3n) is 3.27. The number of rotatable bonds is 6. The number of carboxylic acid groups (broad SMARTS) is 1. The summed E-state index contributed by atoms with van der Waals surface area (Å²) < 4.78 is 20.4. The Morgan fingerprint density at radius 3 is 2.71 bits per heavy atom. The minimum absolute atomic E-state index is 0.00775. The molecule has 0 amide bonds. The van der Waals surface area contributed by atoms with Crippen LogP contribution in [0.15, 0.2) is 18.2 Å². The van der Waals surface area contributed by atoms with Crippen LogP contribution in [0.25, 0.3) is 10.1 Å². The number of carbonyl (C=O) groups is 1. The largest absolute Gasteiger partial charge is 0.477 e. The summed E-state index contributed by atoms with van der Waals surface area (Å²) in [4.78, 5) is 11.5. The van der Waals surface area contributed by atoms with Crippen LogP contribution in [0.3, 0.4) is 0 Å². The summed E-state index contributed by atoms with van der Waals surface area (Å²) in [5, 5.41) is 9.67. The zero-order chi connectivity index (χ0) is 15.6. The van der Waals surface area contributed by atoms with E-state index in [1.54, 1.807) is 12.1 Å². The first kappa shape index (κ1) is 15.9. The number of hydrogen-bond donors (Lipinski definition) is 1. The van der Waals surface area contributed by atoms with Crippen LogP contribution >= 0.6 is 11.3 Å². The van der Waals surface area contributed by atoms with Gasteiger partial charge in [-0.1, -0.05) is 19.9 Å². The lowest BCUT2D eigenvalue weighted by atomic mass is 10.1. The average molecular weight is 310 g/mol. The van der Waals surface area contributed by atoms with E-state index in [1.165, 1.54) is 6.07 Å². The minimum atomic E-state index is -1.04. The van der Waals surface area contributed by atoms with E-state index in [2.05, 4.69) is 13.8 Å². The van der Waals surface area contributed by atoms with Crippen molar-refractivity contribution in [1.82, 2.24) is 0 Å². The molecule has 2 aromatic rings. The lowest BCUT2D eigenvalue weighted by molar-refractivity contribution is 0.0392. The molecule has 0 radical (unpaired) electrons. The van der Waals surface area contributed by atoms with Gasteiger partial charge in [-0.25, -0.2) is 9.18 Å². The fraction of sp³-hybridized carbons (Fsp3) is 0.438. The minimum Gasteiger partial charge on any atom is -0.477 e. The van der Waals surface area contributed by atoms with Crippen LogP contribution in [0.2, 0.25) is 0 Å². The Bertz CT molecular complexity index is 648. The van der Waals surface area contributed by atoms with Gasteiger partial charge in [-0.05, 0) is 31.4 Å². The van der Waals surface area contributed by atoms with Crippen molar-refractivity contribution >= 4 is 27.4 Å². The van der Waals surface area contributed by atoms with Crippen molar-refractivity contribution in [3.63, 3.8) is 0 Å². The van der Waals surface area contributed by atoms with Gasteiger partial charge in [-0.2, -0.15) is 0 Å². The Labute approximate surface area is 127 Å². The summed E-state index contributed by atoms with van der Waals surface area (Å²) in [6.07, 6.45) is 0.890. The SMILES string of the molecule is CC(C)CC(C)OCc1c(C(=O)O)sc2cccc(F)c12. The van der Waals surface area contributed by atoms with Crippen molar-refractivity contribution in [2.24, 2.45) is 5.92 Å². The summed E-state index contributed by atoms with van der Waals surface area (Å²) in [6, 6.07) is 4.67. The van der Waals surface area contributed by atoms with E-state index in [9.17, 15) is 14.3 Å². The van der Waals surface area contributed by atoms with Gasteiger partial charge in [0.2, 0.25) is 0 Å². The van der Waals surface area contributed by atoms with E-state index in [1.807, 2.05) is 6.92 Å². The van der Waals surface area contributed by atoms with Gasteiger partial charge in [0.15, 0.2) is 0 Å². The predicted molar refractivity (Wildman–Crippen MR) is 82.4 cm³/mol. The summed E-state index contributed by atoms with van der Waals surface area (Å²) >= 11 is 1.09. The number of aromatic carboxylic acids is 1. The topological polar surface area (TPSA) is 46.5 Å². The predicted octanol–water partition coefficient (Wildman–Crippen LogP) is 4.69. The maximum atomic E-state index is 14.0. The molecule has 5 heteroatoms. The van der Waals surface area contributed by atoms with Gasteiger partial charge in [0.1, 0.15) is 10.7 Å². The molecule has 21 heavy (non-hydrogen) atoms. The van der Waals surface area contributed by atoms with Crippen molar-refractivity contribution in [2.75, 3.05) is 0 Å². The third kappa shape index (κ3) is 3.60. The summed E-state index contributed by atoms with van der Waals surface area (Å²) in [7, 11) is 0. The molecular weight excluding hydrogens is 291 g/mol. The second kappa shape index (κ2) is 6.54. The molecule has 1 aromatic heterocycles. The van der Waals surface area contributed by atoms with Gasteiger partial charge in [-0.3, -0.25) is 0 Å². The number of hydrogen-bond acceptors (Lipinski definition) is 3. The van der Waals surface area contributed by atoms with Gasteiger partial charge < -0.3 is 9.84 Å². The average Bonchev–Trinajstić information content (AvgIpc) is 2.76. The fourth-order valence-corrected chi connectivity index (χ4v) is 3.50. The molecule has 0 aliphatic carbocycles. The van der Waals surface area contributed by atoms with Gasteiger partial charge in [0.25, 0.3) is 0 Å². The molecule has 1 aromatic carbocycles. The molecule has 0 saturated carbocycles. The van der Waals surface area contributed by atoms with Gasteiger partial charge in [-0.15, -0.1) is 11.3 Å². The molecule has 3 nitrogen and oxygen atoms in total. The monoisotopic (exact) mass is 310 g/mol. The van der Waals surface area contributed by atoms with E-state index in [0.29, 0.717) is 21.6 Å². The highest BCUT2D eigenvalue weighted by Crippen LogP contribution is 2.34. The zero-order valence-corrected chi connectivity index (χ0v) is 13.2. The number of ether oxygens (including phenoxy) is 1. The van der Waals surface area contributed by atoms with Crippen molar-refractivity contribution < 1.29 is 19.0 Å². The number of halogens is 1. The molecule has 114 valence electrons. The first-order valence-corrected chi connectivity index (χ1v) is 7.76. The molecule has 0 aliphatic rings. The molecule has 1 atom stereocenters. The molecule has 0 bridgehead atoms. The van der Waals surface area contributed by atoms with Gasteiger partial charge in [0.05, 0.1) is 12.7 Å². The van der Waals surface area contributed by atoms with Crippen molar-refractivity contribution in [3.8, 4) is 0 Å². The molecule has 1 N–H and O–H groups in total. The zero-order valence-electron chi connectivity index (χ0n) is 12.4. The maximum absolute atomic E-state index is 14.0. The van der Waals surface area contributed by atoms with Crippen LogP contribution in [0.5, 0.6) is 0 Å². The van der Waals surface area contributed by atoms with E-state index in [0.717, 1.165) is 17.8 Å². The second-order valence-electron chi connectivity index (χ2n) is 5.58. The Morgan fingerprint density at radius 2 is 2.10 bits per heavy atom. The van der Waals surface area contributed by atoms with Gasteiger partial charge >= 0.3 is 5.97 Å². The quantitative estimate of drug-likeness (QED) is 0.842. The molecular formula is C16H19FO3S. The molecule has 1 heterocycles. The molecule has 0 aliphatic heterocycles. The number of fused-ring (bicyclic) bond motifs is 1.